The zero-order chi connectivity index (χ0) is 12.3. The molecule has 3 N–H and O–H groups in total. The zero-order valence-corrected chi connectivity index (χ0v) is 10.1. The quantitative estimate of drug-likeness (QED) is 0.794. The summed E-state index contributed by atoms with van der Waals surface area (Å²) >= 11 is 1.50. The highest BCUT2D eigenvalue weighted by Crippen LogP contribution is 2.24. The van der Waals surface area contributed by atoms with Gasteiger partial charge in [-0.05, 0) is 18.9 Å². The van der Waals surface area contributed by atoms with E-state index in [-0.39, 0.29) is 17.4 Å². The molecule has 0 bridgehead atoms. The minimum Gasteiger partial charge on any atom is -0.478 e. The Bertz CT molecular complexity index is 419. The van der Waals surface area contributed by atoms with Crippen LogP contribution in [0, 0.1) is 0 Å². The number of rotatable bonds is 4. The number of thioether (sulfide) groups is 1. The van der Waals surface area contributed by atoms with Crippen molar-refractivity contribution in [2.45, 2.75) is 24.0 Å². The summed E-state index contributed by atoms with van der Waals surface area (Å²) in [5.74, 6) is -0.223. The number of aromatic carboxylic acids is 1. The number of carboxylic acids is 1. The maximum absolute atomic E-state index is 10.9. The lowest BCUT2D eigenvalue weighted by molar-refractivity contribution is 0.0697. The van der Waals surface area contributed by atoms with Crippen LogP contribution in [0.15, 0.2) is 17.3 Å². The number of carbonyl (C=O) groups is 1. The first-order chi connectivity index (χ1) is 8.16. The lowest BCUT2D eigenvalue weighted by Crippen LogP contribution is -2.08. The van der Waals surface area contributed by atoms with Crippen LogP contribution in [0.5, 0.6) is 0 Å². The molecular formula is C11H14N2O3S. The van der Waals surface area contributed by atoms with E-state index in [9.17, 15) is 4.79 Å². The van der Waals surface area contributed by atoms with Crippen molar-refractivity contribution in [2.75, 3.05) is 18.1 Å². The van der Waals surface area contributed by atoms with E-state index in [4.69, 9.17) is 15.6 Å². The van der Waals surface area contributed by atoms with Crippen molar-refractivity contribution in [1.82, 2.24) is 4.98 Å². The summed E-state index contributed by atoms with van der Waals surface area (Å²) < 4.78 is 5.49. The second-order valence-corrected chi connectivity index (χ2v) is 4.90. The van der Waals surface area contributed by atoms with Crippen LogP contribution in [0.2, 0.25) is 0 Å². The van der Waals surface area contributed by atoms with E-state index in [1.165, 1.54) is 24.0 Å². The first-order valence-corrected chi connectivity index (χ1v) is 6.38. The first kappa shape index (κ1) is 12.2. The van der Waals surface area contributed by atoms with Crippen molar-refractivity contribution in [2.24, 2.45) is 0 Å². The second-order valence-electron chi connectivity index (χ2n) is 3.86. The van der Waals surface area contributed by atoms with Crippen LogP contribution >= 0.6 is 11.8 Å². The van der Waals surface area contributed by atoms with Crippen molar-refractivity contribution in [1.29, 1.82) is 0 Å². The van der Waals surface area contributed by atoms with Gasteiger partial charge in [0, 0.05) is 12.4 Å². The Morgan fingerprint density at radius 1 is 1.71 bits per heavy atom. The third-order valence-corrected chi connectivity index (χ3v) is 3.64. The summed E-state index contributed by atoms with van der Waals surface area (Å²) in [5, 5.41) is 9.60. The molecule has 0 amide bonds. The normalized spacial score (nSPS) is 19.4. The first-order valence-electron chi connectivity index (χ1n) is 5.40. The number of nitrogen functional groups attached to an aromatic ring is 1. The van der Waals surface area contributed by atoms with Crippen LogP contribution in [0.4, 0.5) is 5.69 Å². The Hall–Kier alpha value is -1.27. The molecule has 1 atom stereocenters. The van der Waals surface area contributed by atoms with Gasteiger partial charge in [0.2, 0.25) is 0 Å². The third kappa shape index (κ3) is 3.10. The Morgan fingerprint density at radius 3 is 3.18 bits per heavy atom. The standard InChI is InChI=1S/C11H14N2O3S/c12-9-5-13-10(4-8(9)11(14)15)17-6-7-2-1-3-16-7/h4-5,7H,1-3,6,12H2,(H,14,15). The van der Waals surface area contributed by atoms with Crippen LogP contribution in [0.25, 0.3) is 0 Å². The van der Waals surface area contributed by atoms with Crippen LogP contribution in [0.1, 0.15) is 23.2 Å². The molecule has 1 fully saturated rings. The molecule has 1 unspecified atom stereocenters. The van der Waals surface area contributed by atoms with E-state index in [0.717, 1.165) is 25.2 Å². The summed E-state index contributed by atoms with van der Waals surface area (Å²) in [4.78, 5) is 15.0. The van der Waals surface area contributed by atoms with Gasteiger partial charge in [0.05, 0.1) is 28.6 Å². The average molecular weight is 254 g/mol. The molecular weight excluding hydrogens is 240 g/mol. The molecule has 0 spiro atoms. The molecule has 1 aliphatic rings. The molecule has 17 heavy (non-hydrogen) atoms. The van der Waals surface area contributed by atoms with Crippen molar-refractivity contribution in [3.8, 4) is 0 Å². The summed E-state index contributed by atoms with van der Waals surface area (Å²) in [6, 6.07) is 1.51. The predicted molar refractivity (Wildman–Crippen MR) is 65.3 cm³/mol. The molecule has 0 radical (unpaired) electrons. The Morgan fingerprint density at radius 2 is 2.53 bits per heavy atom. The van der Waals surface area contributed by atoms with E-state index < -0.39 is 5.97 Å². The smallest absolute Gasteiger partial charge is 0.337 e. The van der Waals surface area contributed by atoms with Gasteiger partial charge >= 0.3 is 5.97 Å². The number of nitrogens with zero attached hydrogens (tertiary/aromatic N) is 1. The molecule has 5 nitrogen and oxygen atoms in total. The highest BCUT2D eigenvalue weighted by atomic mass is 32.2. The molecule has 2 rings (SSSR count). The fraction of sp³-hybridized carbons (Fsp3) is 0.455. The molecule has 1 aromatic heterocycles. The number of aromatic nitrogens is 1. The van der Waals surface area contributed by atoms with E-state index in [1.807, 2.05) is 0 Å². The number of nitrogens with two attached hydrogens (primary N) is 1. The molecule has 1 aromatic rings. The average Bonchev–Trinajstić information content (AvgIpc) is 2.80. The van der Waals surface area contributed by atoms with Crippen LogP contribution in [-0.2, 0) is 4.74 Å². The fourth-order valence-corrected chi connectivity index (χ4v) is 2.61. The monoisotopic (exact) mass is 254 g/mol. The molecule has 92 valence electrons. The van der Waals surface area contributed by atoms with Crippen LogP contribution in [-0.4, -0.2) is 34.5 Å². The fourth-order valence-electron chi connectivity index (χ4n) is 1.67. The van der Waals surface area contributed by atoms with Gasteiger partial charge in [0.1, 0.15) is 0 Å². The van der Waals surface area contributed by atoms with Crippen molar-refractivity contribution in [3.63, 3.8) is 0 Å². The molecule has 0 saturated carbocycles. The minimum atomic E-state index is -1.02. The number of carboxylic acid groups (broad SMARTS) is 1. The molecule has 6 heteroatoms. The van der Waals surface area contributed by atoms with E-state index in [1.54, 1.807) is 0 Å². The highest BCUT2D eigenvalue weighted by Gasteiger charge is 2.16. The zero-order valence-electron chi connectivity index (χ0n) is 9.26. The lowest BCUT2D eigenvalue weighted by atomic mass is 10.2. The molecule has 0 aliphatic carbocycles. The van der Waals surface area contributed by atoms with Gasteiger partial charge in [-0.1, -0.05) is 0 Å². The second kappa shape index (κ2) is 5.37. The molecule has 1 aliphatic heterocycles. The maximum Gasteiger partial charge on any atom is 0.337 e. The van der Waals surface area contributed by atoms with Crippen molar-refractivity contribution in [3.05, 3.63) is 17.8 Å². The molecule has 1 saturated heterocycles. The maximum atomic E-state index is 10.9. The molecule has 2 heterocycles. The van der Waals surface area contributed by atoms with Gasteiger partial charge in [0.15, 0.2) is 0 Å². The minimum absolute atomic E-state index is 0.106. The third-order valence-electron chi connectivity index (χ3n) is 2.58. The number of anilines is 1. The van der Waals surface area contributed by atoms with Gasteiger partial charge in [-0.15, -0.1) is 11.8 Å². The number of hydrogen-bond donors (Lipinski definition) is 2. The number of hydrogen-bond acceptors (Lipinski definition) is 5. The lowest BCUT2D eigenvalue weighted by Gasteiger charge is -2.08. The van der Waals surface area contributed by atoms with Gasteiger partial charge in [-0.25, -0.2) is 9.78 Å². The Balaban J connectivity index is 2.00. The SMILES string of the molecule is Nc1cnc(SCC2CCCO2)cc1C(=O)O. The van der Waals surface area contributed by atoms with E-state index in [2.05, 4.69) is 4.98 Å². The van der Waals surface area contributed by atoms with Gasteiger partial charge in [-0.3, -0.25) is 0 Å². The Kier molecular flexibility index (Phi) is 3.86. The predicted octanol–water partition coefficient (Wildman–Crippen LogP) is 1.63. The summed E-state index contributed by atoms with van der Waals surface area (Å²) in [5.41, 5.74) is 5.83. The van der Waals surface area contributed by atoms with Crippen LogP contribution in [0.3, 0.4) is 0 Å². The van der Waals surface area contributed by atoms with Crippen molar-refractivity contribution < 1.29 is 14.6 Å². The topological polar surface area (TPSA) is 85.4 Å². The van der Waals surface area contributed by atoms with Crippen LogP contribution < -0.4 is 5.73 Å². The van der Waals surface area contributed by atoms with E-state index >= 15 is 0 Å². The number of pyridine rings is 1. The number of ether oxygens (including phenoxy) is 1. The summed E-state index contributed by atoms with van der Waals surface area (Å²) in [6.45, 7) is 0.820. The molecule has 0 aromatic carbocycles. The summed E-state index contributed by atoms with van der Waals surface area (Å²) in [7, 11) is 0. The van der Waals surface area contributed by atoms with E-state index in [0.29, 0.717) is 5.03 Å². The largest absolute Gasteiger partial charge is 0.478 e. The summed E-state index contributed by atoms with van der Waals surface area (Å²) in [6.07, 6.45) is 3.81. The van der Waals surface area contributed by atoms with Crippen molar-refractivity contribution >= 4 is 23.4 Å². The van der Waals surface area contributed by atoms with Gasteiger partial charge in [-0.2, -0.15) is 0 Å². The van der Waals surface area contributed by atoms with Gasteiger partial charge in [0.25, 0.3) is 0 Å². The highest BCUT2D eigenvalue weighted by molar-refractivity contribution is 7.99. The van der Waals surface area contributed by atoms with Gasteiger partial charge < -0.3 is 15.6 Å². The Labute approximate surface area is 103 Å².